The van der Waals surface area contributed by atoms with Crippen LogP contribution in [-0.4, -0.2) is 23.6 Å². The van der Waals surface area contributed by atoms with Crippen LogP contribution in [-0.2, 0) is 22.6 Å². The Morgan fingerprint density at radius 2 is 1.85 bits per heavy atom. The summed E-state index contributed by atoms with van der Waals surface area (Å²) in [5.41, 5.74) is 2.46. The number of anilines is 1. The summed E-state index contributed by atoms with van der Waals surface area (Å²) in [5, 5.41) is 3.28. The Kier molecular flexibility index (Phi) is 7.81. The summed E-state index contributed by atoms with van der Waals surface area (Å²) in [7, 11) is 0. The number of thioether (sulfide) groups is 1. The molecule has 1 N–H and O–H groups in total. The second kappa shape index (κ2) is 10.8. The van der Waals surface area contributed by atoms with Crippen molar-refractivity contribution in [3.05, 3.63) is 93.7 Å². The van der Waals surface area contributed by atoms with E-state index in [4.69, 9.17) is 23.2 Å². The van der Waals surface area contributed by atoms with Gasteiger partial charge < -0.3 is 10.2 Å². The van der Waals surface area contributed by atoms with Crippen LogP contribution in [0.5, 0.6) is 0 Å². The first-order chi connectivity index (χ1) is 16.3. The van der Waals surface area contributed by atoms with Crippen LogP contribution in [0.4, 0.5) is 10.1 Å². The van der Waals surface area contributed by atoms with Crippen molar-refractivity contribution in [1.29, 1.82) is 0 Å². The summed E-state index contributed by atoms with van der Waals surface area (Å²) >= 11 is 13.5. The van der Waals surface area contributed by atoms with E-state index in [1.807, 2.05) is 48.5 Å². The van der Waals surface area contributed by atoms with Gasteiger partial charge in [-0.3, -0.25) is 9.59 Å². The predicted octanol–water partition coefficient (Wildman–Crippen LogP) is 6.14. The highest BCUT2D eigenvalue weighted by atomic mass is 35.5. The van der Waals surface area contributed by atoms with Crippen molar-refractivity contribution in [3.8, 4) is 0 Å². The molecule has 1 heterocycles. The minimum atomic E-state index is -0.593. The highest BCUT2D eigenvalue weighted by Gasteiger charge is 2.39. The van der Waals surface area contributed by atoms with Crippen molar-refractivity contribution < 1.29 is 14.0 Å². The van der Waals surface area contributed by atoms with Gasteiger partial charge in [0.05, 0.1) is 18.2 Å². The lowest BCUT2D eigenvalue weighted by Gasteiger charge is -2.36. The molecule has 2 atom stereocenters. The monoisotopic (exact) mass is 516 g/mol. The van der Waals surface area contributed by atoms with Gasteiger partial charge in [0.1, 0.15) is 11.1 Å². The molecule has 3 aromatic rings. The fourth-order valence-electron chi connectivity index (χ4n) is 3.82. The Hall–Kier alpha value is -2.54. The van der Waals surface area contributed by atoms with Gasteiger partial charge in [0.15, 0.2) is 0 Å². The number of carbonyl (C=O) groups excluding carboxylic acids is 2. The molecule has 8 heteroatoms. The lowest BCUT2D eigenvalue weighted by Crippen LogP contribution is -2.47. The third-order valence-corrected chi connectivity index (χ3v) is 7.82. The van der Waals surface area contributed by atoms with Crippen molar-refractivity contribution in [2.45, 2.75) is 30.0 Å². The van der Waals surface area contributed by atoms with Crippen molar-refractivity contribution in [3.63, 3.8) is 0 Å². The predicted molar refractivity (Wildman–Crippen MR) is 136 cm³/mol. The van der Waals surface area contributed by atoms with Crippen LogP contribution in [0.2, 0.25) is 10.0 Å². The van der Waals surface area contributed by atoms with Crippen LogP contribution >= 0.6 is 35.0 Å². The van der Waals surface area contributed by atoms with Gasteiger partial charge in [-0.2, -0.15) is 0 Å². The summed E-state index contributed by atoms with van der Waals surface area (Å²) in [4.78, 5) is 29.0. The van der Waals surface area contributed by atoms with Gasteiger partial charge in [-0.25, -0.2) is 4.39 Å². The molecule has 0 spiro atoms. The average Bonchev–Trinajstić information content (AvgIpc) is 2.82. The van der Waals surface area contributed by atoms with Gasteiger partial charge in [0.2, 0.25) is 11.8 Å². The van der Waals surface area contributed by atoms with Crippen molar-refractivity contribution in [1.82, 2.24) is 5.32 Å². The molecule has 0 aromatic heterocycles. The third kappa shape index (κ3) is 5.57. The average molecular weight is 517 g/mol. The standard InChI is InChI=1S/C26H23Cl2FN2O2S/c1-16(25(32)30-13-12-17-6-9-19(27)10-7-17)24-26(33)31(22-4-2-3-5-23(22)34-24)15-18-8-11-20(29)14-21(18)28/h2-11,14,16,24H,12-13,15H2,1H3,(H,30,32). The zero-order valence-electron chi connectivity index (χ0n) is 18.4. The number of hydrogen-bond acceptors (Lipinski definition) is 3. The van der Waals surface area contributed by atoms with E-state index in [2.05, 4.69) is 5.32 Å². The molecule has 1 aliphatic heterocycles. The van der Waals surface area contributed by atoms with Crippen LogP contribution in [0.15, 0.2) is 71.6 Å². The van der Waals surface area contributed by atoms with Crippen LogP contribution in [0.1, 0.15) is 18.1 Å². The van der Waals surface area contributed by atoms with Crippen molar-refractivity contribution in [2.75, 3.05) is 11.4 Å². The van der Waals surface area contributed by atoms with Crippen molar-refractivity contribution in [2.24, 2.45) is 5.92 Å². The van der Waals surface area contributed by atoms with E-state index in [0.717, 1.165) is 16.1 Å². The maximum Gasteiger partial charge on any atom is 0.241 e. The molecule has 3 aromatic carbocycles. The fourth-order valence-corrected chi connectivity index (χ4v) is 5.46. The Morgan fingerprint density at radius 1 is 1.12 bits per heavy atom. The van der Waals surface area contributed by atoms with Gasteiger partial charge in [0.25, 0.3) is 0 Å². The highest BCUT2D eigenvalue weighted by Crippen LogP contribution is 2.42. The number of carbonyl (C=O) groups is 2. The summed E-state index contributed by atoms with van der Waals surface area (Å²) in [6.45, 7) is 2.42. The first-order valence-electron chi connectivity index (χ1n) is 10.9. The third-order valence-electron chi connectivity index (χ3n) is 5.76. The van der Waals surface area contributed by atoms with Gasteiger partial charge in [-0.1, -0.05) is 60.5 Å². The number of fused-ring (bicyclic) bond motifs is 1. The fraction of sp³-hybridized carbons (Fsp3) is 0.231. The molecule has 0 bridgehead atoms. The molecule has 2 amide bonds. The largest absolute Gasteiger partial charge is 0.355 e. The van der Waals surface area contributed by atoms with E-state index < -0.39 is 17.0 Å². The molecule has 0 fully saturated rings. The van der Waals surface area contributed by atoms with Crippen LogP contribution < -0.4 is 10.2 Å². The van der Waals surface area contributed by atoms with Crippen molar-refractivity contribution >= 4 is 52.5 Å². The van der Waals surface area contributed by atoms with Crippen LogP contribution in [0.25, 0.3) is 0 Å². The first kappa shape index (κ1) is 24.6. The Balaban J connectivity index is 1.48. The molecular weight excluding hydrogens is 494 g/mol. The SMILES string of the molecule is CC(C(=O)NCCc1ccc(Cl)cc1)C1Sc2ccccc2N(Cc2ccc(F)cc2Cl)C1=O. The second-order valence-electron chi connectivity index (χ2n) is 8.12. The first-order valence-corrected chi connectivity index (χ1v) is 12.5. The molecule has 4 nitrogen and oxygen atoms in total. The van der Waals surface area contributed by atoms with E-state index in [9.17, 15) is 14.0 Å². The quantitative estimate of drug-likeness (QED) is 0.410. The number of amides is 2. The summed E-state index contributed by atoms with van der Waals surface area (Å²) in [6, 6.07) is 19.2. The number of benzene rings is 3. The number of halogens is 3. The molecule has 0 saturated heterocycles. The normalized spacial score (nSPS) is 16.2. The molecule has 2 unspecified atom stereocenters. The Bertz CT molecular complexity index is 1210. The summed E-state index contributed by atoms with van der Waals surface area (Å²) in [5.74, 6) is -1.35. The van der Waals surface area contributed by atoms with Crippen LogP contribution in [0, 0.1) is 11.7 Å². The number of para-hydroxylation sites is 1. The molecule has 0 aliphatic carbocycles. The number of rotatable bonds is 7. The minimum absolute atomic E-state index is 0.176. The topological polar surface area (TPSA) is 49.4 Å². The van der Waals surface area contributed by atoms with Gasteiger partial charge >= 0.3 is 0 Å². The number of nitrogens with zero attached hydrogens (tertiary/aromatic N) is 1. The minimum Gasteiger partial charge on any atom is -0.355 e. The van der Waals surface area contributed by atoms with E-state index in [1.165, 1.54) is 23.9 Å². The Morgan fingerprint density at radius 3 is 2.59 bits per heavy atom. The molecule has 0 saturated carbocycles. The maximum atomic E-state index is 13.5. The van der Waals surface area contributed by atoms with Gasteiger partial charge in [0, 0.05) is 21.5 Å². The lowest BCUT2D eigenvalue weighted by molar-refractivity contribution is -0.128. The molecule has 0 radical (unpaired) electrons. The van der Waals surface area contributed by atoms with E-state index in [0.29, 0.717) is 23.6 Å². The molecule has 4 rings (SSSR count). The van der Waals surface area contributed by atoms with Gasteiger partial charge in [-0.05, 0) is 53.9 Å². The lowest BCUT2D eigenvalue weighted by atomic mass is 10.0. The molecule has 1 aliphatic rings. The zero-order valence-corrected chi connectivity index (χ0v) is 20.8. The van der Waals surface area contributed by atoms with E-state index >= 15 is 0 Å². The summed E-state index contributed by atoms with van der Waals surface area (Å²) in [6.07, 6.45) is 0.666. The zero-order chi connectivity index (χ0) is 24.2. The molecular formula is C26H23Cl2FN2O2S. The number of hydrogen-bond donors (Lipinski definition) is 1. The second-order valence-corrected chi connectivity index (χ2v) is 10.1. The molecule has 34 heavy (non-hydrogen) atoms. The smallest absolute Gasteiger partial charge is 0.241 e. The van der Waals surface area contributed by atoms with E-state index in [1.54, 1.807) is 17.9 Å². The molecule has 176 valence electrons. The highest BCUT2D eigenvalue weighted by molar-refractivity contribution is 8.01. The summed E-state index contributed by atoms with van der Waals surface area (Å²) < 4.78 is 13.5. The van der Waals surface area contributed by atoms with Gasteiger partial charge in [-0.15, -0.1) is 11.8 Å². The number of nitrogens with one attached hydrogen (secondary N) is 1. The Labute approximate surface area is 212 Å². The van der Waals surface area contributed by atoms with E-state index in [-0.39, 0.29) is 23.4 Å². The maximum absolute atomic E-state index is 13.5. The van der Waals surface area contributed by atoms with Crippen LogP contribution in [0.3, 0.4) is 0 Å².